The third-order valence-corrected chi connectivity index (χ3v) is 5.53. The fraction of sp³-hybridized carbons (Fsp3) is 0.692. The highest BCUT2D eigenvalue weighted by molar-refractivity contribution is 7.89. The van der Waals surface area contributed by atoms with Gasteiger partial charge in [-0.15, -0.1) is 0 Å². The lowest BCUT2D eigenvalue weighted by Crippen LogP contribution is -2.46. The molecule has 3 N–H and O–H groups in total. The van der Waals surface area contributed by atoms with Crippen LogP contribution in [0.1, 0.15) is 45.7 Å². The highest BCUT2D eigenvalue weighted by Crippen LogP contribution is 2.23. The van der Waals surface area contributed by atoms with Gasteiger partial charge in [0, 0.05) is 31.0 Å². The van der Waals surface area contributed by atoms with Gasteiger partial charge in [0.25, 0.3) is 0 Å². The van der Waals surface area contributed by atoms with Gasteiger partial charge in [0.1, 0.15) is 0 Å². The van der Waals surface area contributed by atoms with Crippen molar-refractivity contribution in [1.82, 2.24) is 9.29 Å². The van der Waals surface area contributed by atoms with Crippen LogP contribution in [0.3, 0.4) is 0 Å². The zero-order valence-electron chi connectivity index (χ0n) is 12.2. The van der Waals surface area contributed by atoms with Crippen molar-refractivity contribution in [3.05, 3.63) is 18.0 Å². The Bertz CT molecular complexity index is 508. The lowest BCUT2D eigenvalue weighted by atomic mass is 9.91. The molecule has 1 aromatic heterocycles. The van der Waals surface area contributed by atoms with Gasteiger partial charge in [-0.3, -0.25) is 0 Å². The molecule has 0 aliphatic rings. The lowest BCUT2D eigenvalue weighted by Gasteiger charge is -2.31. The highest BCUT2D eigenvalue weighted by atomic mass is 32.2. The van der Waals surface area contributed by atoms with Crippen LogP contribution in [0.25, 0.3) is 0 Å². The smallest absolute Gasteiger partial charge is 0.242 e. The van der Waals surface area contributed by atoms with E-state index in [2.05, 4.69) is 4.72 Å². The fourth-order valence-electron chi connectivity index (χ4n) is 2.24. The molecule has 0 saturated heterocycles. The number of sulfonamides is 1. The first-order chi connectivity index (χ1) is 8.84. The first-order valence-electron chi connectivity index (χ1n) is 6.73. The molecular formula is C13H25N3O2S. The monoisotopic (exact) mass is 287 g/mol. The quantitative estimate of drug-likeness (QED) is 0.802. The Morgan fingerprint density at radius 3 is 2.16 bits per heavy atom. The van der Waals surface area contributed by atoms with Crippen molar-refractivity contribution < 1.29 is 8.42 Å². The van der Waals surface area contributed by atoms with E-state index < -0.39 is 10.0 Å². The van der Waals surface area contributed by atoms with Crippen LogP contribution >= 0.6 is 0 Å². The molecule has 0 aliphatic heterocycles. The number of hydrogen-bond donors (Lipinski definition) is 2. The predicted molar refractivity (Wildman–Crippen MR) is 77.2 cm³/mol. The SMILES string of the molecule is CCC(CC)(CC)NS(=O)(=O)c1cc(CN)n(C)c1. The summed E-state index contributed by atoms with van der Waals surface area (Å²) < 4.78 is 29.5. The van der Waals surface area contributed by atoms with Crippen molar-refractivity contribution in [2.24, 2.45) is 12.8 Å². The van der Waals surface area contributed by atoms with Crippen molar-refractivity contribution in [2.45, 2.75) is 57.0 Å². The van der Waals surface area contributed by atoms with E-state index in [1.54, 1.807) is 23.9 Å². The number of aromatic nitrogens is 1. The van der Waals surface area contributed by atoms with Gasteiger partial charge in [-0.25, -0.2) is 13.1 Å². The van der Waals surface area contributed by atoms with Crippen molar-refractivity contribution in [3.8, 4) is 0 Å². The predicted octanol–water partition coefficient (Wildman–Crippen LogP) is 1.73. The Morgan fingerprint density at radius 1 is 1.26 bits per heavy atom. The summed E-state index contributed by atoms with van der Waals surface area (Å²) >= 11 is 0. The minimum absolute atomic E-state index is 0.287. The Labute approximate surface area is 116 Å². The van der Waals surface area contributed by atoms with Crippen LogP contribution in [0.4, 0.5) is 0 Å². The van der Waals surface area contributed by atoms with Crippen LogP contribution in [0, 0.1) is 0 Å². The molecule has 110 valence electrons. The van der Waals surface area contributed by atoms with Gasteiger partial charge in [-0.05, 0) is 25.3 Å². The second-order valence-electron chi connectivity index (χ2n) is 4.93. The number of aryl methyl sites for hydroxylation is 1. The van der Waals surface area contributed by atoms with E-state index in [-0.39, 0.29) is 10.4 Å². The van der Waals surface area contributed by atoms with Crippen LogP contribution in [0.2, 0.25) is 0 Å². The Balaban J connectivity index is 3.10. The number of hydrogen-bond acceptors (Lipinski definition) is 3. The van der Waals surface area contributed by atoms with Gasteiger partial charge in [-0.1, -0.05) is 20.8 Å². The number of nitrogens with zero attached hydrogens (tertiary/aromatic N) is 1. The van der Waals surface area contributed by atoms with Gasteiger partial charge in [0.15, 0.2) is 0 Å². The zero-order chi connectivity index (χ0) is 14.7. The zero-order valence-corrected chi connectivity index (χ0v) is 13.0. The maximum atomic E-state index is 12.4. The standard InChI is InChI=1S/C13H25N3O2S/c1-5-13(6-2,7-3)15-19(17,18)12-8-11(9-14)16(4)10-12/h8,10,15H,5-7,9,14H2,1-4H3. The van der Waals surface area contributed by atoms with Crippen LogP contribution in [-0.4, -0.2) is 18.5 Å². The van der Waals surface area contributed by atoms with Gasteiger partial charge < -0.3 is 10.3 Å². The van der Waals surface area contributed by atoms with E-state index in [4.69, 9.17) is 5.73 Å². The second-order valence-corrected chi connectivity index (χ2v) is 6.61. The van der Waals surface area contributed by atoms with Gasteiger partial charge in [0.05, 0.1) is 4.90 Å². The lowest BCUT2D eigenvalue weighted by molar-refractivity contribution is 0.341. The summed E-state index contributed by atoms with van der Waals surface area (Å²) in [6.45, 7) is 6.34. The van der Waals surface area contributed by atoms with Gasteiger partial charge >= 0.3 is 0 Å². The molecule has 6 heteroatoms. The molecule has 0 aromatic carbocycles. The van der Waals surface area contributed by atoms with Crippen molar-refractivity contribution in [1.29, 1.82) is 0 Å². The van der Waals surface area contributed by atoms with E-state index in [9.17, 15) is 8.42 Å². The molecule has 0 spiro atoms. The summed E-state index contributed by atoms with van der Waals surface area (Å²) in [6.07, 6.45) is 3.93. The molecule has 0 atom stereocenters. The molecule has 0 amide bonds. The third kappa shape index (κ3) is 3.38. The van der Waals surface area contributed by atoms with E-state index >= 15 is 0 Å². The van der Waals surface area contributed by atoms with Crippen molar-refractivity contribution >= 4 is 10.0 Å². The summed E-state index contributed by atoms with van der Waals surface area (Å²) in [7, 11) is -1.69. The topological polar surface area (TPSA) is 77.1 Å². The van der Waals surface area contributed by atoms with Crippen LogP contribution in [0.5, 0.6) is 0 Å². The molecule has 5 nitrogen and oxygen atoms in total. The summed E-state index contributed by atoms with van der Waals surface area (Å²) in [4.78, 5) is 0.287. The Kier molecular flexibility index (Phi) is 5.18. The molecule has 19 heavy (non-hydrogen) atoms. The number of nitrogens with one attached hydrogen (secondary N) is 1. The van der Waals surface area contributed by atoms with Gasteiger partial charge in [0.2, 0.25) is 10.0 Å². The molecule has 0 saturated carbocycles. The third-order valence-electron chi connectivity index (χ3n) is 3.98. The molecule has 1 heterocycles. The second kappa shape index (κ2) is 6.07. The number of rotatable bonds is 7. The molecule has 0 radical (unpaired) electrons. The highest BCUT2D eigenvalue weighted by Gasteiger charge is 2.31. The van der Waals surface area contributed by atoms with E-state index in [1.165, 1.54) is 0 Å². The minimum Gasteiger partial charge on any atom is -0.352 e. The average molecular weight is 287 g/mol. The van der Waals surface area contributed by atoms with Crippen LogP contribution in [0.15, 0.2) is 17.2 Å². The summed E-state index contributed by atoms with van der Waals surface area (Å²) in [5.74, 6) is 0. The fourth-order valence-corrected chi connectivity index (χ4v) is 3.95. The maximum absolute atomic E-state index is 12.4. The van der Waals surface area contributed by atoms with E-state index in [1.807, 2.05) is 20.8 Å². The summed E-state index contributed by atoms with van der Waals surface area (Å²) in [5, 5.41) is 0. The van der Waals surface area contributed by atoms with Crippen LogP contribution < -0.4 is 10.5 Å². The minimum atomic E-state index is -3.49. The Morgan fingerprint density at radius 2 is 1.79 bits per heavy atom. The molecule has 1 aromatic rings. The first-order valence-corrected chi connectivity index (χ1v) is 8.21. The summed E-state index contributed by atoms with van der Waals surface area (Å²) in [6, 6.07) is 1.63. The molecule has 0 fully saturated rings. The van der Waals surface area contributed by atoms with Gasteiger partial charge in [-0.2, -0.15) is 0 Å². The molecule has 0 bridgehead atoms. The van der Waals surface area contributed by atoms with E-state index in [0.29, 0.717) is 6.54 Å². The Hall–Kier alpha value is -0.850. The maximum Gasteiger partial charge on any atom is 0.242 e. The first kappa shape index (κ1) is 16.2. The van der Waals surface area contributed by atoms with Crippen LogP contribution in [-0.2, 0) is 23.6 Å². The van der Waals surface area contributed by atoms with E-state index in [0.717, 1.165) is 25.0 Å². The molecule has 0 unspecified atom stereocenters. The normalized spacial score (nSPS) is 12.9. The molecular weight excluding hydrogens is 262 g/mol. The number of nitrogens with two attached hydrogens (primary N) is 1. The largest absolute Gasteiger partial charge is 0.352 e. The summed E-state index contributed by atoms with van der Waals surface area (Å²) in [5.41, 5.74) is 6.01. The van der Waals surface area contributed by atoms with Crippen molar-refractivity contribution in [3.63, 3.8) is 0 Å². The van der Waals surface area contributed by atoms with Crippen molar-refractivity contribution in [2.75, 3.05) is 0 Å². The molecule has 0 aliphatic carbocycles. The molecule has 1 rings (SSSR count). The average Bonchev–Trinajstić information content (AvgIpc) is 2.78.